The monoisotopic (exact) mass is 240 g/mol. The van der Waals surface area contributed by atoms with Gasteiger partial charge in [-0.15, -0.1) is 0 Å². The molecule has 0 aromatic carbocycles. The number of aryl methyl sites for hydroxylation is 1. The second-order valence-electron chi connectivity index (χ2n) is 4.74. The average Bonchev–Trinajstić information content (AvgIpc) is 2.70. The zero-order valence-corrected chi connectivity index (χ0v) is 10.6. The van der Waals surface area contributed by atoms with Crippen molar-refractivity contribution in [3.63, 3.8) is 0 Å². The highest BCUT2D eigenvalue weighted by Gasteiger charge is 2.39. The van der Waals surface area contributed by atoms with E-state index in [-0.39, 0.29) is 0 Å². The molecule has 0 radical (unpaired) electrons. The first-order chi connectivity index (χ1) is 8.08. The van der Waals surface area contributed by atoms with Gasteiger partial charge in [-0.3, -0.25) is 4.68 Å². The Bertz CT molecular complexity index is 383. The maximum Gasteiger partial charge on any atom is 0.162 e. The normalized spacial score (nSPS) is 26.8. The standard InChI is InChI=1S/C12H20N2O3/c1-12(6-4-5-7-17-12)11(15)10-9(16-3)8-13-14(10)2/h8,11,15H,4-7H2,1-3H3. The lowest BCUT2D eigenvalue weighted by molar-refractivity contribution is -0.141. The maximum absolute atomic E-state index is 10.5. The quantitative estimate of drug-likeness (QED) is 0.868. The molecule has 1 aromatic rings. The van der Waals surface area contributed by atoms with Crippen LogP contribution in [0.15, 0.2) is 6.20 Å². The second kappa shape index (κ2) is 4.66. The smallest absolute Gasteiger partial charge is 0.162 e. The summed E-state index contributed by atoms with van der Waals surface area (Å²) in [6.45, 7) is 2.65. The predicted molar refractivity (Wildman–Crippen MR) is 62.9 cm³/mol. The summed E-state index contributed by atoms with van der Waals surface area (Å²) in [7, 11) is 3.38. The van der Waals surface area contributed by atoms with Gasteiger partial charge in [-0.1, -0.05) is 0 Å². The van der Waals surface area contributed by atoms with Crippen molar-refractivity contribution < 1.29 is 14.6 Å². The number of aromatic nitrogens is 2. The van der Waals surface area contributed by atoms with Crippen LogP contribution in [0.1, 0.15) is 38.0 Å². The molecule has 1 saturated heterocycles. The van der Waals surface area contributed by atoms with Crippen LogP contribution in [0.4, 0.5) is 0 Å². The summed E-state index contributed by atoms with van der Waals surface area (Å²) < 4.78 is 12.6. The van der Waals surface area contributed by atoms with Gasteiger partial charge in [0.25, 0.3) is 0 Å². The Hall–Kier alpha value is -1.07. The zero-order valence-electron chi connectivity index (χ0n) is 10.6. The van der Waals surface area contributed by atoms with Gasteiger partial charge >= 0.3 is 0 Å². The molecule has 0 bridgehead atoms. The van der Waals surface area contributed by atoms with E-state index >= 15 is 0 Å². The minimum Gasteiger partial charge on any atom is -0.493 e. The highest BCUT2D eigenvalue weighted by Crippen LogP contribution is 2.39. The van der Waals surface area contributed by atoms with E-state index in [2.05, 4.69) is 5.10 Å². The van der Waals surface area contributed by atoms with Gasteiger partial charge in [-0.05, 0) is 26.2 Å². The molecule has 2 rings (SSSR count). The van der Waals surface area contributed by atoms with E-state index in [1.165, 1.54) is 0 Å². The van der Waals surface area contributed by atoms with E-state index in [0.717, 1.165) is 19.3 Å². The molecule has 1 aliphatic rings. The third kappa shape index (κ3) is 2.17. The number of aliphatic hydroxyl groups is 1. The van der Waals surface area contributed by atoms with Gasteiger partial charge in [-0.25, -0.2) is 0 Å². The lowest BCUT2D eigenvalue weighted by atomic mass is 9.88. The van der Waals surface area contributed by atoms with Crippen LogP contribution in [-0.2, 0) is 11.8 Å². The Kier molecular flexibility index (Phi) is 3.40. The number of rotatable bonds is 3. The molecule has 0 saturated carbocycles. The first kappa shape index (κ1) is 12.4. The molecule has 0 aliphatic carbocycles. The number of ether oxygens (including phenoxy) is 2. The van der Waals surface area contributed by atoms with E-state index < -0.39 is 11.7 Å². The molecule has 5 heteroatoms. The molecule has 5 nitrogen and oxygen atoms in total. The van der Waals surface area contributed by atoms with Crippen LogP contribution >= 0.6 is 0 Å². The van der Waals surface area contributed by atoms with E-state index in [0.29, 0.717) is 18.1 Å². The summed E-state index contributed by atoms with van der Waals surface area (Å²) in [6, 6.07) is 0. The molecule has 2 atom stereocenters. The molecule has 1 aromatic heterocycles. The van der Waals surface area contributed by atoms with Crippen molar-refractivity contribution in [2.24, 2.45) is 7.05 Å². The highest BCUT2D eigenvalue weighted by atomic mass is 16.5. The minimum atomic E-state index is -0.717. The highest BCUT2D eigenvalue weighted by molar-refractivity contribution is 5.29. The fraction of sp³-hybridized carbons (Fsp3) is 0.750. The summed E-state index contributed by atoms with van der Waals surface area (Å²) >= 11 is 0. The minimum absolute atomic E-state index is 0.542. The molecule has 1 fully saturated rings. The molecular formula is C12H20N2O3. The van der Waals surface area contributed by atoms with Crippen LogP contribution < -0.4 is 4.74 Å². The fourth-order valence-corrected chi connectivity index (χ4v) is 2.36. The fourth-order valence-electron chi connectivity index (χ4n) is 2.36. The van der Waals surface area contributed by atoms with Gasteiger partial charge in [0.05, 0.1) is 18.9 Å². The summed E-state index contributed by atoms with van der Waals surface area (Å²) in [4.78, 5) is 0. The lowest BCUT2D eigenvalue weighted by Gasteiger charge is -2.37. The summed E-state index contributed by atoms with van der Waals surface area (Å²) in [5.41, 5.74) is 0.135. The van der Waals surface area contributed by atoms with Gasteiger partial charge < -0.3 is 14.6 Å². The molecule has 0 amide bonds. The Morgan fingerprint density at radius 2 is 2.35 bits per heavy atom. The Morgan fingerprint density at radius 1 is 1.59 bits per heavy atom. The number of aliphatic hydroxyl groups excluding tert-OH is 1. The second-order valence-corrected chi connectivity index (χ2v) is 4.74. The van der Waals surface area contributed by atoms with Gasteiger partial charge in [0, 0.05) is 13.7 Å². The van der Waals surface area contributed by atoms with E-state index in [1.54, 1.807) is 25.0 Å². The van der Waals surface area contributed by atoms with Crippen molar-refractivity contribution in [3.05, 3.63) is 11.9 Å². The van der Waals surface area contributed by atoms with Crippen molar-refractivity contribution in [2.75, 3.05) is 13.7 Å². The molecule has 2 unspecified atom stereocenters. The maximum atomic E-state index is 10.5. The van der Waals surface area contributed by atoms with Crippen molar-refractivity contribution in [1.82, 2.24) is 9.78 Å². The van der Waals surface area contributed by atoms with Crippen molar-refractivity contribution in [3.8, 4) is 5.75 Å². The summed E-state index contributed by atoms with van der Waals surface area (Å²) in [6.07, 6.45) is 3.89. The van der Waals surface area contributed by atoms with E-state index in [1.807, 2.05) is 6.92 Å². The van der Waals surface area contributed by atoms with Crippen LogP contribution in [-0.4, -0.2) is 34.2 Å². The first-order valence-electron chi connectivity index (χ1n) is 5.96. The number of hydrogen-bond acceptors (Lipinski definition) is 4. The van der Waals surface area contributed by atoms with Crippen molar-refractivity contribution in [1.29, 1.82) is 0 Å². The Labute approximate surface area is 101 Å². The van der Waals surface area contributed by atoms with E-state index in [4.69, 9.17) is 9.47 Å². The van der Waals surface area contributed by atoms with Crippen LogP contribution in [0, 0.1) is 0 Å². The summed E-state index contributed by atoms with van der Waals surface area (Å²) in [5.74, 6) is 0.607. The first-order valence-corrected chi connectivity index (χ1v) is 5.96. The van der Waals surface area contributed by atoms with Crippen LogP contribution in [0.2, 0.25) is 0 Å². The molecule has 17 heavy (non-hydrogen) atoms. The van der Waals surface area contributed by atoms with Gasteiger partial charge in [-0.2, -0.15) is 5.10 Å². The molecule has 0 spiro atoms. The number of hydrogen-bond donors (Lipinski definition) is 1. The SMILES string of the molecule is COc1cnn(C)c1C(O)C1(C)CCCCO1. The summed E-state index contributed by atoms with van der Waals surface area (Å²) in [5, 5.41) is 14.6. The largest absolute Gasteiger partial charge is 0.493 e. The average molecular weight is 240 g/mol. The molecule has 2 heterocycles. The Balaban J connectivity index is 2.28. The molecule has 96 valence electrons. The topological polar surface area (TPSA) is 56.5 Å². The van der Waals surface area contributed by atoms with Crippen LogP contribution in [0.5, 0.6) is 5.75 Å². The van der Waals surface area contributed by atoms with Gasteiger partial charge in [0.1, 0.15) is 11.8 Å². The predicted octanol–water partition coefficient (Wildman–Crippen LogP) is 1.42. The third-order valence-corrected chi connectivity index (χ3v) is 3.51. The third-order valence-electron chi connectivity index (χ3n) is 3.51. The zero-order chi connectivity index (χ0) is 12.5. The lowest BCUT2D eigenvalue weighted by Crippen LogP contribution is -2.40. The number of nitrogens with zero attached hydrogens (tertiary/aromatic N) is 2. The van der Waals surface area contributed by atoms with Crippen molar-refractivity contribution >= 4 is 0 Å². The number of methoxy groups -OCH3 is 1. The van der Waals surface area contributed by atoms with Gasteiger partial charge in [0.2, 0.25) is 0 Å². The van der Waals surface area contributed by atoms with Crippen LogP contribution in [0.3, 0.4) is 0 Å². The van der Waals surface area contributed by atoms with Crippen LogP contribution in [0.25, 0.3) is 0 Å². The van der Waals surface area contributed by atoms with E-state index in [9.17, 15) is 5.11 Å². The van der Waals surface area contributed by atoms with Gasteiger partial charge in [0.15, 0.2) is 5.75 Å². The Morgan fingerprint density at radius 3 is 2.94 bits per heavy atom. The molecule has 1 N–H and O–H groups in total. The molecular weight excluding hydrogens is 220 g/mol. The van der Waals surface area contributed by atoms with Crippen molar-refractivity contribution in [2.45, 2.75) is 37.9 Å². The molecule has 1 aliphatic heterocycles.